The highest BCUT2D eigenvalue weighted by Crippen LogP contribution is 2.67. The molecule has 4 rings (SSSR count). The fourth-order valence-electron chi connectivity index (χ4n) is 12.8. The fourth-order valence-corrected chi connectivity index (χ4v) is 13.5. The summed E-state index contributed by atoms with van der Waals surface area (Å²) in [4.78, 5) is 49.2. The molecule has 0 spiro atoms. The Balaban J connectivity index is 1.19. The molecule has 10 atom stereocenters. The first-order valence-electron chi connectivity index (χ1n) is 27.4. The van der Waals surface area contributed by atoms with E-state index in [1.165, 1.54) is 108 Å². The SMILES string of the molecule is CCCCCCCCCCCCCCCC(=O)O[C@H](COC(=O)CCC(=O)OC1CC[C@@]2(C)C(=CC[C@H]3[C@@H]4CC[C@H]([C@H](C)CCCC(C)C)[C@@]4(C)CC[C@@H]32)C1)COP(=O)(O)OCC[N+](C)(C)C. The fraction of sp³-hybridized carbons (Fsp3) is 0.909. The number of unbranched alkanes of at least 4 members (excludes halogenated alkanes) is 12. The van der Waals surface area contributed by atoms with Crippen LogP contribution in [0.2, 0.25) is 0 Å². The van der Waals surface area contributed by atoms with Gasteiger partial charge in [-0.15, -0.1) is 0 Å². The lowest BCUT2D eigenvalue weighted by Crippen LogP contribution is -2.51. The van der Waals surface area contributed by atoms with Crippen LogP contribution in [-0.4, -0.2) is 87.0 Å². The summed E-state index contributed by atoms with van der Waals surface area (Å²) in [6.45, 7) is 14.2. The molecule has 0 saturated heterocycles. The van der Waals surface area contributed by atoms with Crippen LogP contribution < -0.4 is 0 Å². The molecule has 11 nitrogen and oxygen atoms in total. The molecule has 4 aliphatic carbocycles. The highest BCUT2D eigenvalue weighted by Gasteiger charge is 2.59. The summed E-state index contributed by atoms with van der Waals surface area (Å²) in [5, 5.41) is 0. The lowest BCUT2D eigenvalue weighted by atomic mass is 9.47. The molecule has 0 aliphatic heterocycles. The number of hydrogen-bond acceptors (Lipinski definition) is 9. The molecule has 3 fully saturated rings. The summed E-state index contributed by atoms with van der Waals surface area (Å²) in [7, 11) is 1.34. The highest BCUT2D eigenvalue weighted by molar-refractivity contribution is 7.47. The molecular formula is C55H99NO10P+. The van der Waals surface area contributed by atoms with Crippen LogP contribution in [-0.2, 0) is 42.2 Å². The quantitative estimate of drug-likeness (QED) is 0.0169. The van der Waals surface area contributed by atoms with Gasteiger partial charge in [0.05, 0.1) is 40.6 Å². The highest BCUT2D eigenvalue weighted by atomic mass is 31.2. The second kappa shape index (κ2) is 28.3. The van der Waals surface area contributed by atoms with Gasteiger partial charge in [-0.3, -0.25) is 23.4 Å². The van der Waals surface area contributed by atoms with Gasteiger partial charge in [0, 0.05) is 12.8 Å². The van der Waals surface area contributed by atoms with Crippen LogP contribution in [0.3, 0.4) is 0 Å². The average Bonchev–Trinajstić information content (AvgIpc) is 3.62. The molecule has 1 N–H and O–H groups in total. The minimum atomic E-state index is -4.46. The van der Waals surface area contributed by atoms with Gasteiger partial charge in [-0.2, -0.15) is 0 Å². The Bertz CT molecular complexity index is 1580. The largest absolute Gasteiger partial charge is 0.472 e. The van der Waals surface area contributed by atoms with Crippen LogP contribution in [0, 0.1) is 46.3 Å². The van der Waals surface area contributed by atoms with Crippen molar-refractivity contribution in [1.82, 2.24) is 0 Å². The smallest absolute Gasteiger partial charge is 0.462 e. The molecule has 0 heterocycles. The van der Waals surface area contributed by atoms with Gasteiger partial charge in [-0.25, -0.2) is 4.57 Å². The molecule has 0 radical (unpaired) electrons. The number of likely N-dealkylation sites (N-methyl/N-ethyl adjacent to an activating group) is 1. The summed E-state index contributed by atoms with van der Waals surface area (Å²) in [6.07, 6.45) is 29.7. The van der Waals surface area contributed by atoms with Crippen molar-refractivity contribution in [3.63, 3.8) is 0 Å². The molecule has 0 bridgehead atoms. The zero-order valence-corrected chi connectivity index (χ0v) is 45.0. The third-order valence-electron chi connectivity index (χ3n) is 16.7. The monoisotopic (exact) mass is 965 g/mol. The third kappa shape index (κ3) is 19.4. The standard InChI is InChI=1S/C55H98NO10P/c1-10-11-12-13-14-15-16-17-18-19-20-21-22-26-52(58)66-46(41-64-67(60,61)63-38-37-56(7,8)9)40-62-51(57)31-32-53(59)65-45-33-35-54(5)44(39-45)27-28-47-49-30-29-48(43(4)25-23-24-42(2)3)55(49,6)36-34-50(47)54/h27,42-43,45-50H,10-26,28-41H2,1-9H3/p+1/t43-,45?,46-,47+,48-,49+,50+,54+,55-/m1/s1. The number of fused-ring (bicyclic) bond motifs is 5. The van der Waals surface area contributed by atoms with E-state index < -0.39 is 38.4 Å². The topological polar surface area (TPSA) is 135 Å². The molecule has 3 saturated carbocycles. The van der Waals surface area contributed by atoms with Crippen molar-refractivity contribution in [1.29, 1.82) is 0 Å². The Hall–Kier alpha value is -1.78. The number of rotatable bonds is 33. The number of nitrogens with zero attached hydrogens (tertiary/aromatic N) is 1. The molecule has 0 aromatic rings. The molecule has 2 unspecified atom stereocenters. The predicted molar refractivity (Wildman–Crippen MR) is 268 cm³/mol. The number of allylic oxidation sites excluding steroid dienone is 1. The van der Waals surface area contributed by atoms with Gasteiger partial charge in [-0.1, -0.05) is 150 Å². The molecular weight excluding hydrogens is 866 g/mol. The van der Waals surface area contributed by atoms with Crippen LogP contribution in [0.25, 0.3) is 0 Å². The minimum absolute atomic E-state index is 0.0106. The Morgan fingerprint density at radius 1 is 0.746 bits per heavy atom. The van der Waals surface area contributed by atoms with E-state index in [4.69, 9.17) is 23.3 Å². The molecule has 67 heavy (non-hydrogen) atoms. The number of hydrogen-bond donors (Lipinski definition) is 1. The van der Waals surface area contributed by atoms with Gasteiger partial charge in [0.15, 0.2) is 6.10 Å². The van der Waals surface area contributed by atoms with E-state index >= 15 is 0 Å². The second-order valence-corrected chi connectivity index (χ2v) is 25.0. The lowest BCUT2D eigenvalue weighted by molar-refractivity contribution is -0.870. The Labute approximate surface area is 408 Å². The number of carbonyl (C=O) groups is 3. The van der Waals surface area contributed by atoms with Crippen molar-refractivity contribution < 1.29 is 51.6 Å². The predicted octanol–water partition coefficient (Wildman–Crippen LogP) is 13.5. The molecule has 4 aliphatic rings. The van der Waals surface area contributed by atoms with E-state index in [2.05, 4.69) is 47.6 Å². The average molecular weight is 965 g/mol. The van der Waals surface area contributed by atoms with Crippen LogP contribution in [0.15, 0.2) is 11.6 Å². The maximum Gasteiger partial charge on any atom is 0.472 e. The normalized spacial score (nSPS) is 27.8. The summed E-state index contributed by atoms with van der Waals surface area (Å²) >= 11 is 0. The first kappa shape index (κ1) is 57.8. The molecule has 388 valence electrons. The number of carbonyl (C=O) groups excluding carboxylic acids is 3. The number of esters is 3. The van der Waals surface area contributed by atoms with E-state index in [0.29, 0.717) is 28.8 Å². The van der Waals surface area contributed by atoms with Gasteiger partial charge in [-0.05, 0) is 97.7 Å². The molecule has 0 amide bonds. The molecule has 12 heteroatoms. The van der Waals surface area contributed by atoms with Crippen molar-refractivity contribution >= 4 is 25.7 Å². The molecule has 0 aromatic carbocycles. The van der Waals surface area contributed by atoms with Gasteiger partial charge in [0.2, 0.25) is 0 Å². The number of phosphoric acid groups is 1. The first-order valence-corrected chi connectivity index (χ1v) is 28.9. The maximum atomic E-state index is 13.1. The number of quaternary nitrogens is 1. The van der Waals surface area contributed by atoms with Crippen molar-refractivity contribution in [2.45, 2.75) is 227 Å². The number of phosphoric ester groups is 1. The maximum absolute atomic E-state index is 13.1. The number of ether oxygens (including phenoxy) is 3. The van der Waals surface area contributed by atoms with Crippen molar-refractivity contribution in [3.05, 3.63) is 11.6 Å². The van der Waals surface area contributed by atoms with Gasteiger partial charge in [0.1, 0.15) is 25.9 Å². The van der Waals surface area contributed by atoms with Crippen molar-refractivity contribution in [2.24, 2.45) is 46.3 Å². The van der Waals surface area contributed by atoms with E-state index in [1.54, 1.807) is 0 Å². The third-order valence-corrected chi connectivity index (χ3v) is 17.7. The van der Waals surface area contributed by atoms with E-state index in [-0.39, 0.29) is 44.0 Å². The van der Waals surface area contributed by atoms with Gasteiger partial charge in [0.25, 0.3) is 0 Å². The van der Waals surface area contributed by atoms with E-state index in [9.17, 15) is 23.8 Å². The summed E-state index contributed by atoms with van der Waals surface area (Å²) in [6, 6.07) is 0. The van der Waals surface area contributed by atoms with Crippen molar-refractivity contribution in [3.8, 4) is 0 Å². The lowest BCUT2D eigenvalue weighted by Gasteiger charge is -2.58. The summed E-state index contributed by atoms with van der Waals surface area (Å²) < 4.78 is 40.6. The van der Waals surface area contributed by atoms with Crippen LogP contribution in [0.4, 0.5) is 0 Å². The zero-order chi connectivity index (χ0) is 49.1. The second-order valence-electron chi connectivity index (χ2n) is 23.5. The molecule has 0 aromatic heterocycles. The summed E-state index contributed by atoms with van der Waals surface area (Å²) in [5.74, 6) is 3.06. The zero-order valence-electron chi connectivity index (χ0n) is 44.1. The first-order chi connectivity index (χ1) is 31.8. The van der Waals surface area contributed by atoms with Crippen LogP contribution in [0.5, 0.6) is 0 Å². The van der Waals surface area contributed by atoms with Gasteiger partial charge < -0.3 is 23.6 Å². The Morgan fingerprint density at radius 2 is 1.39 bits per heavy atom. The Morgan fingerprint density at radius 3 is 2.03 bits per heavy atom. The van der Waals surface area contributed by atoms with Gasteiger partial charge >= 0.3 is 25.7 Å². The van der Waals surface area contributed by atoms with Crippen LogP contribution >= 0.6 is 7.82 Å². The summed E-state index contributed by atoms with van der Waals surface area (Å²) in [5.41, 5.74) is 2.05. The van der Waals surface area contributed by atoms with Crippen molar-refractivity contribution in [2.75, 3.05) is 47.5 Å². The minimum Gasteiger partial charge on any atom is -0.462 e. The van der Waals surface area contributed by atoms with E-state index in [1.807, 2.05) is 21.1 Å². The van der Waals surface area contributed by atoms with E-state index in [0.717, 1.165) is 74.5 Å². The van der Waals surface area contributed by atoms with Crippen LogP contribution in [0.1, 0.15) is 215 Å². The Kier molecular flexibility index (Phi) is 24.4.